The van der Waals surface area contributed by atoms with Crippen molar-refractivity contribution in [2.45, 2.75) is 20.3 Å². The third-order valence-electron chi connectivity index (χ3n) is 2.19. The van der Waals surface area contributed by atoms with Gasteiger partial charge >= 0.3 is 0 Å². The van der Waals surface area contributed by atoms with Crippen molar-refractivity contribution in [2.24, 2.45) is 5.41 Å². The Morgan fingerprint density at radius 1 is 1.31 bits per heavy atom. The smallest absolute Gasteiger partial charge is 0.120 e. The number of halogens is 2. The fourth-order valence-corrected chi connectivity index (χ4v) is 1.33. The van der Waals surface area contributed by atoms with Crippen LogP contribution in [0.4, 0.5) is 0 Å². The molecule has 0 radical (unpaired) electrons. The van der Waals surface area contributed by atoms with Crippen LogP contribution >= 0.6 is 23.2 Å². The van der Waals surface area contributed by atoms with Crippen molar-refractivity contribution in [1.29, 1.82) is 5.26 Å². The van der Waals surface area contributed by atoms with E-state index in [0.29, 0.717) is 28.8 Å². The maximum atomic E-state index is 8.83. The molecule has 0 aliphatic carbocycles. The van der Waals surface area contributed by atoms with Crippen LogP contribution in [0, 0.1) is 16.7 Å². The van der Waals surface area contributed by atoms with Crippen molar-refractivity contribution >= 4 is 23.2 Å². The molecule has 1 aromatic carbocycles. The zero-order valence-corrected chi connectivity index (χ0v) is 10.8. The van der Waals surface area contributed by atoms with Crippen molar-refractivity contribution in [3.63, 3.8) is 0 Å². The van der Waals surface area contributed by atoms with Crippen molar-refractivity contribution in [2.75, 3.05) is 6.61 Å². The van der Waals surface area contributed by atoms with Crippen LogP contribution < -0.4 is 4.74 Å². The molecule has 0 aliphatic rings. The number of hydrogen-bond acceptors (Lipinski definition) is 2. The lowest BCUT2D eigenvalue weighted by atomic mass is 9.92. The van der Waals surface area contributed by atoms with E-state index in [1.807, 2.05) is 13.8 Å². The summed E-state index contributed by atoms with van der Waals surface area (Å²) in [5, 5.41) is 9.80. The molecule has 0 N–H and O–H groups in total. The molecule has 0 saturated carbocycles. The average Bonchev–Trinajstić information content (AvgIpc) is 2.23. The van der Waals surface area contributed by atoms with Gasteiger partial charge in [-0.3, -0.25) is 0 Å². The van der Waals surface area contributed by atoms with Crippen LogP contribution in [0.25, 0.3) is 0 Å². The minimum atomic E-state index is -0.365. The maximum Gasteiger partial charge on any atom is 0.120 e. The Labute approximate surface area is 106 Å². The molecule has 0 spiro atoms. The van der Waals surface area contributed by atoms with E-state index in [9.17, 15) is 0 Å². The Morgan fingerprint density at radius 3 is 2.56 bits per heavy atom. The summed E-state index contributed by atoms with van der Waals surface area (Å²) in [5.41, 5.74) is -0.365. The summed E-state index contributed by atoms with van der Waals surface area (Å²) >= 11 is 11.6. The number of rotatable bonds is 4. The predicted octanol–water partition coefficient (Wildman–Crippen LogP) is 4.31. The van der Waals surface area contributed by atoms with E-state index in [1.54, 1.807) is 18.2 Å². The van der Waals surface area contributed by atoms with Gasteiger partial charge < -0.3 is 4.74 Å². The lowest BCUT2D eigenvalue weighted by molar-refractivity contribution is 0.264. The molecular weight excluding hydrogens is 245 g/mol. The van der Waals surface area contributed by atoms with E-state index in [1.165, 1.54) is 0 Å². The highest BCUT2D eigenvalue weighted by molar-refractivity contribution is 6.42. The molecule has 0 amide bonds. The molecule has 4 heteroatoms. The fraction of sp³-hybridized carbons (Fsp3) is 0.417. The predicted molar refractivity (Wildman–Crippen MR) is 66.0 cm³/mol. The van der Waals surface area contributed by atoms with Crippen LogP contribution in [0.2, 0.25) is 10.0 Å². The summed E-state index contributed by atoms with van der Waals surface area (Å²) in [6, 6.07) is 7.34. The van der Waals surface area contributed by atoms with Crippen LogP contribution in [-0.2, 0) is 0 Å². The molecule has 0 unspecified atom stereocenters. The Bertz CT molecular complexity index is 410. The zero-order valence-electron chi connectivity index (χ0n) is 9.26. The van der Waals surface area contributed by atoms with Gasteiger partial charge in [-0.1, -0.05) is 23.2 Å². The second-order valence-electron chi connectivity index (χ2n) is 4.17. The SMILES string of the molecule is CC(C)(C#N)CCOc1ccc(Cl)c(Cl)c1. The third-order valence-corrected chi connectivity index (χ3v) is 2.93. The van der Waals surface area contributed by atoms with Gasteiger partial charge in [0.2, 0.25) is 0 Å². The Balaban J connectivity index is 2.50. The van der Waals surface area contributed by atoms with Gasteiger partial charge in [-0.05, 0) is 32.4 Å². The average molecular weight is 258 g/mol. The molecule has 0 bridgehead atoms. The van der Waals surface area contributed by atoms with E-state index in [-0.39, 0.29) is 5.41 Å². The number of ether oxygens (including phenoxy) is 1. The molecule has 0 saturated heterocycles. The second kappa shape index (κ2) is 5.43. The van der Waals surface area contributed by atoms with Gasteiger partial charge in [0.25, 0.3) is 0 Å². The third kappa shape index (κ3) is 3.92. The van der Waals surface area contributed by atoms with Gasteiger partial charge in [0.1, 0.15) is 5.75 Å². The van der Waals surface area contributed by atoms with Crippen LogP contribution in [0.3, 0.4) is 0 Å². The summed E-state index contributed by atoms with van der Waals surface area (Å²) < 4.78 is 5.49. The highest BCUT2D eigenvalue weighted by Crippen LogP contribution is 2.27. The van der Waals surface area contributed by atoms with E-state index >= 15 is 0 Å². The Morgan fingerprint density at radius 2 is 2.00 bits per heavy atom. The van der Waals surface area contributed by atoms with Gasteiger partial charge in [-0.25, -0.2) is 0 Å². The number of nitriles is 1. The number of benzene rings is 1. The number of hydrogen-bond donors (Lipinski definition) is 0. The standard InChI is InChI=1S/C12H13Cl2NO/c1-12(2,8-15)5-6-16-9-3-4-10(13)11(14)7-9/h3-4,7H,5-6H2,1-2H3. The molecule has 1 aromatic rings. The molecule has 86 valence electrons. The normalized spacial score (nSPS) is 10.9. The first kappa shape index (κ1) is 13.2. The van der Waals surface area contributed by atoms with Crippen molar-refractivity contribution in [1.82, 2.24) is 0 Å². The minimum Gasteiger partial charge on any atom is -0.493 e. The molecule has 0 aliphatic heterocycles. The minimum absolute atomic E-state index is 0.365. The summed E-state index contributed by atoms with van der Waals surface area (Å²) in [6.07, 6.45) is 0.670. The highest BCUT2D eigenvalue weighted by Gasteiger charge is 2.16. The molecule has 0 heterocycles. The quantitative estimate of drug-likeness (QED) is 0.806. The van der Waals surface area contributed by atoms with Crippen LogP contribution in [0.15, 0.2) is 18.2 Å². The van der Waals surface area contributed by atoms with Gasteiger partial charge in [-0.15, -0.1) is 0 Å². The lowest BCUT2D eigenvalue weighted by Gasteiger charge is -2.15. The first-order valence-corrected chi connectivity index (χ1v) is 5.69. The maximum absolute atomic E-state index is 8.83. The van der Waals surface area contributed by atoms with Crippen molar-refractivity contribution in [3.05, 3.63) is 28.2 Å². The molecule has 0 aromatic heterocycles. The first-order valence-electron chi connectivity index (χ1n) is 4.94. The molecule has 2 nitrogen and oxygen atoms in total. The van der Waals surface area contributed by atoms with E-state index < -0.39 is 0 Å². The van der Waals surface area contributed by atoms with Crippen molar-refractivity contribution in [3.8, 4) is 11.8 Å². The van der Waals surface area contributed by atoms with Crippen LogP contribution in [0.1, 0.15) is 20.3 Å². The second-order valence-corrected chi connectivity index (χ2v) is 4.98. The van der Waals surface area contributed by atoms with Gasteiger partial charge in [-0.2, -0.15) is 5.26 Å². The summed E-state index contributed by atoms with van der Waals surface area (Å²) in [5.74, 6) is 0.670. The van der Waals surface area contributed by atoms with E-state index in [0.717, 1.165) is 0 Å². The van der Waals surface area contributed by atoms with Crippen LogP contribution in [-0.4, -0.2) is 6.61 Å². The highest BCUT2D eigenvalue weighted by atomic mass is 35.5. The summed E-state index contributed by atoms with van der Waals surface area (Å²) in [6.45, 7) is 4.24. The molecular formula is C12H13Cl2NO. The summed E-state index contributed by atoms with van der Waals surface area (Å²) in [7, 11) is 0. The zero-order chi connectivity index (χ0) is 12.2. The first-order chi connectivity index (χ1) is 7.44. The van der Waals surface area contributed by atoms with Gasteiger partial charge in [0.05, 0.1) is 28.1 Å². The van der Waals surface area contributed by atoms with Crippen LogP contribution in [0.5, 0.6) is 5.75 Å². The molecule has 16 heavy (non-hydrogen) atoms. The number of nitrogens with zero attached hydrogens (tertiary/aromatic N) is 1. The van der Waals surface area contributed by atoms with E-state index in [4.69, 9.17) is 33.2 Å². The molecule has 0 fully saturated rings. The van der Waals surface area contributed by atoms with Gasteiger partial charge in [0.15, 0.2) is 0 Å². The Kier molecular flexibility index (Phi) is 4.46. The largest absolute Gasteiger partial charge is 0.493 e. The fourth-order valence-electron chi connectivity index (χ4n) is 1.05. The van der Waals surface area contributed by atoms with Gasteiger partial charge in [0, 0.05) is 6.07 Å². The van der Waals surface area contributed by atoms with E-state index in [2.05, 4.69) is 6.07 Å². The summed E-state index contributed by atoms with van der Waals surface area (Å²) in [4.78, 5) is 0. The lowest BCUT2D eigenvalue weighted by Crippen LogP contribution is -2.13. The topological polar surface area (TPSA) is 33.0 Å². The monoisotopic (exact) mass is 257 g/mol. The molecule has 0 atom stereocenters. The Hall–Kier alpha value is -0.910. The molecule has 1 rings (SSSR count). The van der Waals surface area contributed by atoms with Crippen molar-refractivity contribution < 1.29 is 4.74 Å².